The van der Waals surface area contributed by atoms with Crippen molar-refractivity contribution in [3.05, 3.63) is 58.6 Å². The van der Waals surface area contributed by atoms with Crippen LogP contribution < -0.4 is 10.1 Å². The van der Waals surface area contributed by atoms with Gasteiger partial charge in [0.1, 0.15) is 5.75 Å². The molecule has 1 amide bonds. The standard InChI is InChI=1S/C16H14ClNO3/c1-11-6-7-13(17)8-14(11)18-16(20)10-21-15-5-3-2-4-12(15)9-19/h2-9H,10H2,1H3,(H,18,20). The predicted molar refractivity (Wildman–Crippen MR) is 82.1 cm³/mol. The molecular formula is C16H14ClNO3. The van der Waals surface area contributed by atoms with E-state index in [0.717, 1.165) is 5.56 Å². The lowest BCUT2D eigenvalue weighted by Gasteiger charge is -2.10. The Labute approximate surface area is 127 Å². The minimum absolute atomic E-state index is 0.184. The van der Waals surface area contributed by atoms with E-state index < -0.39 is 0 Å². The van der Waals surface area contributed by atoms with Gasteiger partial charge >= 0.3 is 0 Å². The summed E-state index contributed by atoms with van der Waals surface area (Å²) in [7, 11) is 0. The first kappa shape index (κ1) is 15.1. The summed E-state index contributed by atoms with van der Waals surface area (Å²) >= 11 is 5.89. The van der Waals surface area contributed by atoms with Gasteiger partial charge in [0.2, 0.25) is 0 Å². The Morgan fingerprint density at radius 1 is 1.29 bits per heavy atom. The molecule has 0 aromatic heterocycles. The largest absolute Gasteiger partial charge is 0.483 e. The number of para-hydroxylation sites is 1. The first-order valence-electron chi connectivity index (χ1n) is 6.33. The van der Waals surface area contributed by atoms with Gasteiger partial charge in [-0.1, -0.05) is 29.8 Å². The van der Waals surface area contributed by atoms with E-state index in [1.807, 2.05) is 13.0 Å². The van der Waals surface area contributed by atoms with Gasteiger partial charge in [-0.3, -0.25) is 9.59 Å². The van der Waals surface area contributed by atoms with Crippen LogP contribution in [0.2, 0.25) is 5.02 Å². The third-order valence-corrected chi connectivity index (χ3v) is 3.11. The van der Waals surface area contributed by atoms with Gasteiger partial charge in [0.25, 0.3) is 5.91 Å². The third-order valence-electron chi connectivity index (χ3n) is 2.88. The fraction of sp³-hybridized carbons (Fsp3) is 0.125. The molecular weight excluding hydrogens is 290 g/mol. The molecule has 0 aliphatic rings. The molecule has 21 heavy (non-hydrogen) atoms. The lowest BCUT2D eigenvalue weighted by atomic mass is 10.2. The van der Waals surface area contributed by atoms with Crippen molar-refractivity contribution in [2.24, 2.45) is 0 Å². The topological polar surface area (TPSA) is 55.4 Å². The van der Waals surface area contributed by atoms with E-state index >= 15 is 0 Å². The number of halogens is 1. The second-order valence-electron chi connectivity index (χ2n) is 4.45. The van der Waals surface area contributed by atoms with Crippen LogP contribution >= 0.6 is 11.6 Å². The van der Waals surface area contributed by atoms with Crippen molar-refractivity contribution in [3.63, 3.8) is 0 Å². The number of carbonyl (C=O) groups is 2. The van der Waals surface area contributed by atoms with Gasteiger partial charge in [-0.2, -0.15) is 0 Å². The van der Waals surface area contributed by atoms with Gasteiger partial charge < -0.3 is 10.1 Å². The summed E-state index contributed by atoms with van der Waals surface area (Å²) in [6.45, 7) is 1.69. The average Bonchev–Trinajstić information content (AvgIpc) is 2.49. The summed E-state index contributed by atoms with van der Waals surface area (Å²) in [5.41, 5.74) is 1.95. The van der Waals surface area contributed by atoms with E-state index in [9.17, 15) is 9.59 Å². The number of nitrogens with one attached hydrogen (secondary N) is 1. The number of aryl methyl sites for hydroxylation is 1. The quantitative estimate of drug-likeness (QED) is 0.860. The second kappa shape index (κ2) is 6.90. The number of hydrogen-bond acceptors (Lipinski definition) is 3. The summed E-state index contributed by atoms with van der Waals surface area (Å²) in [6.07, 6.45) is 0.689. The number of anilines is 1. The van der Waals surface area contributed by atoms with Gasteiger partial charge in [-0.05, 0) is 36.8 Å². The van der Waals surface area contributed by atoms with Crippen LogP contribution in [0, 0.1) is 6.92 Å². The Morgan fingerprint density at radius 2 is 2.05 bits per heavy atom. The normalized spacial score (nSPS) is 10.0. The SMILES string of the molecule is Cc1ccc(Cl)cc1NC(=O)COc1ccccc1C=O. The first-order valence-corrected chi connectivity index (χ1v) is 6.71. The van der Waals surface area contributed by atoms with Gasteiger partial charge in [0.05, 0.1) is 5.56 Å². The number of rotatable bonds is 5. The first-order chi connectivity index (χ1) is 10.1. The van der Waals surface area contributed by atoms with E-state index in [0.29, 0.717) is 28.3 Å². The van der Waals surface area contributed by atoms with Crippen molar-refractivity contribution in [3.8, 4) is 5.75 Å². The Morgan fingerprint density at radius 3 is 2.81 bits per heavy atom. The fourth-order valence-electron chi connectivity index (χ4n) is 1.77. The highest BCUT2D eigenvalue weighted by Gasteiger charge is 2.08. The highest BCUT2D eigenvalue weighted by atomic mass is 35.5. The van der Waals surface area contributed by atoms with Gasteiger partial charge in [-0.25, -0.2) is 0 Å². The fourth-order valence-corrected chi connectivity index (χ4v) is 1.94. The zero-order chi connectivity index (χ0) is 15.2. The third kappa shape index (κ3) is 4.07. The Bertz CT molecular complexity index is 670. The van der Waals surface area contributed by atoms with E-state index in [1.165, 1.54) is 0 Å². The van der Waals surface area contributed by atoms with Crippen molar-refractivity contribution in [2.45, 2.75) is 6.92 Å². The van der Waals surface area contributed by atoms with Crippen molar-refractivity contribution in [2.75, 3.05) is 11.9 Å². The minimum atomic E-state index is -0.318. The lowest BCUT2D eigenvalue weighted by Crippen LogP contribution is -2.21. The molecule has 0 fully saturated rings. The van der Waals surface area contributed by atoms with E-state index in [-0.39, 0.29) is 12.5 Å². The summed E-state index contributed by atoms with van der Waals surface area (Å²) in [6, 6.07) is 12.0. The molecule has 0 radical (unpaired) electrons. The lowest BCUT2D eigenvalue weighted by molar-refractivity contribution is -0.118. The van der Waals surface area contributed by atoms with Crippen LogP contribution in [-0.4, -0.2) is 18.8 Å². The summed E-state index contributed by atoms with van der Waals surface area (Å²) in [5, 5.41) is 3.27. The van der Waals surface area contributed by atoms with Gasteiger partial charge in [-0.15, -0.1) is 0 Å². The molecule has 0 unspecified atom stereocenters. The van der Waals surface area contributed by atoms with E-state index in [2.05, 4.69) is 5.32 Å². The Balaban J connectivity index is 1.99. The molecule has 2 aromatic carbocycles. The minimum Gasteiger partial charge on any atom is -0.483 e. The highest BCUT2D eigenvalue weighted by molar-refractivity contribution is 6.31. The molecule has 0 bridgehead atoms. The Kier molecular flexibility index (Phi) is 4.95. The highest BCUT2D eigenvalue weighted by Crippen LogP contribution is 2.20. The van der Waals surface area contributed by atoms with Crippen LogP contribution in [0.25, 0.3) is 0 Å². The van der Waals surface area contributed by atoms with Crippen LogP contribution in [0.3, 0.4) is 0 Å². The molecule has 108 valence electrons. The van der Waals surface area contributed by atoms with E-state index in [1.54, 1.807) is 36.4 Å². The maximum Gasteiger partial charge on any atom is 0.262 e. The molecule has 0 saturated carbocycles. The van der Waals surface area contributed by atoms with Gasteiger partial charge in [0, 0.05) is 10.7 Å². The second-order valence-corrected chi connectivity index (χ2v) is 4.89. The van der Waals surface area contributed by atoms with Crippen LogP contribution in [0.5, 0.6) is 5.75 Å². The zero-order valence-electron chi connectivity index (χ0n) is 11.4. The average molecular weight is 304 g/mol. The Hall–Kier alpha value is -2.33. The molecule has 2 aromatic rings. The maximum atomic E-state index is 11.9. The molecule has 0 saturated heterocycles. The molecule has 0 aliphatic heterocycles. The molecule has 2 rings (SSSR count). The molecule has 0 spiro atoms. The van der Waals surface area contributed by atoms with Crippen molar-refractivity contribution in [1.29, 1.82) is 0 Å². The van der Waals surface area contributed by atoms with Gasteiger partial charge in [0.15, 0.2) is 12.9 Å². The molecule has 0 heterocycles. The summed E-state index contributed by atoms with van der Waals surface area (Å²) < 4.78 is 5.36. The number of amides is 1. The van der Waals surface area contributed by atoms with Crippen molar-refractivity contribution < 1.29 is 14.3 Å². The summed E-state index contributed by atoms with van der Waals surface area (Å²) in [5.74, 6) is 0.0616. The molecule has 1 N–H and O–H groups in total. The summed E-state index contributed by atoms with van der Waals surface area (Å²) in [4.78, 5) is 22.7. The number of aldehydes is 1. The smallest absolute Gasteiger partial charge is 0.262 e. The van der Waals surface area contributed by atoms with Crippen LogP contribution in [0.15, 0.2) is 42.5 Å². The number of carbonyl (C=O) groups excluding carboxylic acids is 2. The molecule has 0 aliphatic carbocycles. The number of benzene rings is 2. The predicted octanol–water partition coefficient (Wildman–Crippen LogP) is 3.48. The van der Waals surface area contributed by atoms with Crippen molar-refractivity contribution >= 4 is 29.5 Å². The maximum absolute atomic E-state index is 11.9. The number of hydrogen-bond donors (Lipinski definition) is 1. The van der Waals surface area contributed by atoms with E-state index in [4.69, 9.17) is 16.3 Å². The molecule has 0 atom stereocenters. The zero-order valence-corrected chi connectivity index (χ0v) is 12.2. The number of ether oxygens (including phenoxy) is 1. The molecule has 4 nitrogen and oxygen atoms in total. The van der Waals surface area contributed by atoms with Crippen LogP contribution in [0.1, 0.15) is 15.9 Å². The molecule has 5 heteroatoms. The van der Waals surface area contributed by atoms with Crippen molar-refractivity contribution in [1.82, 2.24) is 0 Å². The monoisotopic (exact) mass is 303 g/mol. The van der Waals surface area contributed by atoms with Crippen LogP contribution in [0.4, 0.5) is 5.69 Å². The van der Waals surface area contributed by atoms with Crippen LogP contribution in [-0.2, 0) is 4.79 Å².